The van der Waals surface area contributed by atoms with Crippen molar-refractivity contribution in [1.29, 1.82) is 0 Å². The van der Waals surface area contributed by atoms with E-state index < -0.39 is 0 Å². The Kier molecular flexibility index (Phi) is 8.43. The molecule has 146 valence electrons. The summed E-state index contributed by atoms with van der Waals surface area (Å²) >= 11 is 0. The number of ether oxygens (including phenoxy) is 1. The molecule has 1 atom stereocenters. The summed E-state index contributed by atoms with van der Waals surface area (Å²) in [6, 6.07) is 3.40. The van der Waals surface area contributed by atoms with Crippen LogP contribution in [0.25, 0.3) is 0 Å². The summed E-state index contributed by atoms with van der Waals surface area (Å²) in [5.41, 5.74) is 4.28. The van der Waals surface area contributed by atoms with Gasteiger partial charge in [0, 0.05) is 19.2 Å². The molecule has 3 nitrogen and oxygen atoms in total. The normalized spacial score (nSPS) is 15.9. The average molecular weight is 363 g/mol. The topological polar surface area (TPSA) is 33.3 Å². The Morgan fingerprint density at radius 3 is 2.50 bits per heavy atom. The van der Waals surface area contributed by atoms with Crippen LogP contribution in [-0.2, 0) is 0 Å². The van der Waals surface area contributed by atoms with Crippen LogP contribution < -0.4 is 15.4 Å². The number of aryl methyl sites for hydroxylation is 1. The van der Waals surface area contributed by atoms with Gasteiger partial charge in [0.25, 0.3) is 0 Å². The van der Waals surface area contributed by atoms with Crippen LogP contribution in [0.4, 0.5) is 10.1 Å². The van der Waals surface area contributed by atoms with Crippen molar-refractivity contribution in [2.75, 3.05) is 25.5 Å². The van der Waals surface area contributed by atoms with E-state index >= 15 is 0 Å². The average Bonchev–Trinajstić information content (AvgIpc) is 2.62. The Balaban J connectivity index is 2.07. The molecule has 1 aliphatic carbocycles. The number of nitrogens with one attached hydrogen (secondary N) is 2. The van der Waals surface area contributed by atoms with Crippen molar-refractivity contribution in [1.82, 2.24) is 5.32 Å². The van der Waals surface area contributed by atoms with Crippen LogP contribution in [0.3, 0.4) is 0 Å². The zero-order chi connectivity index (χ0) is 18.9. The maximum Gasteiger partial charge on any atom is 0.146 e. The first-order chi connectivity index (χ1) is 12.5. The zero-order valence-corrected chi connectivity index (χ0v) is 16.9. The summed E-state index contributed by atoms with van der Waals surface area (Å²) < 4.78 is 20.5. The smallest absolute Gasteiger partial charge is 0.146 e. The molecule has 0 bridgehead atoms. The minimum Gasteiger partial charge on any atom is -0.490 e. The van der Waals surface area contributed by atoms with Gasteiger partial charge >= 0.3 is 0 Å². The Morgan fingerprint density at radius 1 is 1.15 bits per heavy atom. The summed E-state index contributed by atoms with van der Waals surface area (Å²) in [4.78, 5) is 0. The van der Waals surface area contributed by atoms with Crippen LogP contribution in [0.1, 0.15) is 64.4 Å². The van der Waals surface area contributed by atoms with E-state index in [4.69, 9.17) is 4.74 Å². The molecule has 0 fully saturated rings. The monoisotopic (exact) mass is 362 g/mol. The maximum atomic E-state index is 14.4. The van der Waals surface area contributed by atoms with Crippen molar-refractivity contribution in [3.63, 3.8) is 0 Å². The van der Waals surface area contributed by atoms with E-state index in [0.717, 1.165) is 50.0 Å². The van der Waals surface area contributed by atoms with E-state index in [1.54, 1.807) is 6.07 Å². The minimum absolute atomic E-state index is 0.148. The fourth-order valence-electron chi connectivity index (χ4n) is 3.55. The van der Waals surface area contributed by atoms with Crippen LogP contribution >= 0.6 is 0 Å². The molecule has 0 heterocycles. The molecule has 2 N–H and O–H groups in total. The van der Waals surface area contributed by atoms with E-state index in [0.29, 0.717) is 12.2 Å². The molecule has 1 aliphatic rings. The van der Waals surface area contributed by atoms with E-state index in [1.165, 1.54) is 24.0 Å². The number of unbranched alkanes of at least 4 members (excludes halogenated alkanes) is 1. The van der Waals surface area contributed by atoms with Crippen LogP contribution in [0.5, 0.6) is 5.75 Å². The molecule has 0 aliphatic heterocycles. The highest BCUT2D eigenvalue weighted by molar-refractivity contribution is 5.53. The second-order valence-electron chi connectivity index (χ2n) is 7.47. The van der Waals surface area contributed by atoms with Crippen LogP contribution in [0, 0.1) is 12.7 Å². The number of halogens is 1. The lowest BCUT2D eigenvalue weighted by Crippen LogP contribution is -2.18. The fourth-order valence-corrected chi connectivity index (χ4v) is 3.55. The summed E-state index contributed by atoms with van der Waals surface area (Å²) in [5, 5.41) is 6.57. The highest BCUT2D eigenvalue weighted by Gasteiger charge is 2.15. The number of hydrogen-bond donors (Lipinski definition) is 2. The molecule has 0 amide bonds. The van der Waals surface area contributed by atoms with Crippen LogP contribution in [-0.4, -0.2) is 26.2 Å². The zero-order valence-electron chi connectivity index (χ0n) is 16.9. The van der Waals surface area contributed by atoms with Gasteiger partial charge < -0.3 is 15.4 Å². The molecule has 0 saturated heterocycles. The van der Waals surface area contributed by atoms with Crippen LogP contribution in [0.15, 0.2) is 23.3 Å². The molecule has 2 rings (SSSR count). The van der Waals surface area contributed by atoms with Crippen molar-refractivity contribution >= 4 is 5.69 Å². The largest absolute Gasteiger partial charge is 0.490 e. The highest BCUT2D eigenvalue weighted by Crippen LogP contribution is 2.29. The molecule has 0 radical (unpaired) electrons. The second kappa shape index (κ2) is 10.6. The van der Waals surface area contributed by atoms with Crippen molar-refractivity contribution in [3.05, 3.63) is 34.7 Å². The number of benzene rings is 1. The Morgan fingerprint density at radius 2 is 1.85 bits per heavy atom. The molecule has 0 spiro atoms. The molecule has 1 aromatic rings. The molecule has 0 saturated carbocycles. The molecule has 1 aromatic carbocycles. The van der Waals surface area contributed by atoms with Gasteiger partial charge in [0.1, 0.15) is 11.6 Å². The standard InChI is InChI=1S/C22H35FN2O/c1-5-6-9-17(3)26-22-13-21(20(23)12-16(22)2)25-15-19-11-8-7-10-18(19)14-24-4/h12-13,17,24-25H,5-11,14-15H2,1-4H3. The van der Waals surface area contributed by atoms with Gasteiger partial charge in [0.05, 0.1) is 11.8 Å². The molecular formula is C22H35FN2O. The van der Waals surface area contributed by atoms with E-state index in [-0.39, 0.29) is 11.9 Å². The summed E-state index contributed by atoms with van der Waals surface area (Å²) in [6.45, 7) is 7.81. The van der Waals surface area contributed by atoms with Gasteiger partial charge in [-0.15, -0.1) is 0 Å². The van der Waals surface area contributed by atoms with Gasteiger partial charge in [0.15, 0.2) is 0 Å². The van der Waals surface area contributed by atoms with Gasteiger partial charge in [-0.2, -0.15) is 0 Å². The van der Waals surface area contributed by atoms with E-state index in [1.807, 2.05) is 20.0 Å². The van der Waals surface area contributed by atoms with Crippen LogP contribution in [0.2, 0.25) is 0 Å². The summed E-state index contributed by atoms with van der Waals surface area (Å²) in [5.74, 6) is 0.577. The molecule has 0 aromatic heterocycles. The van der Waals surface area contributed by atoms with Crippen molar-refractivity contribution in [2.45, 2.75) is 71.8 Å². The molecule has 4 heteroatoms. The van der Waals surface area contributed by atoms with Crippen molar-refractivity contribution in [2.24, 2.45) is 0 Å². The first-order valence-electron chi connectivity index (χ1n) is 10.1. The van der Waals surface area contributed by atoms with Gasteiger partial charge in [0.2, 0.25) is 0 Å². The van der Waals surface area contributed by atoms with E-state index in [9.17, 15) is 4.39 Å². The third-order valence-electron chi connectivity index (χ3n) is 5.15. The summed E-state index contributed by atoms with van der Waals surface area (Å²) in [6.07, 6.45) is 8.22. The quantitative estimate of drug-likeness (QED) is 0.532. The predicted octanol–water partition coefficient (Wildman–Crippen LogP) is 5.59. The third-order valence-corrected chi connectivity index (χ3v) is 5.15. The number of likely N-dealkylation sites (N-methyl/N-ethyl adjacent to an activating group) is 1. The predicted molar refractivity (Wildman–Crippen MR) is 109 cm³/mol. The van der Waals surface area contributed by atoms with E-state index in [2.05, 4.69) is 24.5 Å². The third kappa shape index (κ3) is 6.01. The molecule has 26 heavy (non-hydrogen) atoms. The Hall–Kier alpha value is -1.55. The Labute approximate surface area is 158 Å². The fraction of sp³-hybridized carbons (Fsp3) is 0.636. The lowest BCUT2D eigenvalue weighted by Gasteiger charge is -2.22. The van der Waals surface area contributed by atoms with Crippen molar-refractivity contribution < 1.29 is 9.13 Å². The second-order valence-corrected chi connectivity index (χ2v) is 7.47. The Bertz CT molecular complexity index is 612. The number of anilines is 1. The minimum atomic E-state index is -0.206. The lowest BCUT2D eigenvalue weighted by molar-refractivity contribution is 0.206. The molecule has 1 unspecified atom stereocenters. The van der Waals surface area contributed by atoms with Gasteiger partial charge in [-0.05, 0) is 64.6 Å². The number of hydrogen-bond acceptors (Lipinski definition) is 3. The SMILES string of the molecule is CCCCC(C)Oc1cc(NCC2=C(CNC)CCCC2)c(F)cc1C. The first kappa shape index (κ1) is 20.8. The maximum absolute atomic E-state index is 14.4. The molecular weight excluding hydrogens is 327 g/mol. The van der Waals surface area contributed by atoms with Crippen molar-refractivity contribution in [3.8, 4) is 5.75 Å². The summed E-state index contributed by atoms with van der Waals surface area (Å²) in [7, 11) is 1.98. The number of rotatable bonds is 10. The van der Waals surface area contributed by atoms with Gasteiger partial charge in [-0.25, -0.2) is 4.39 Å². The van der Waals surface area contributed by atoms with Gasteiger partial charge in [-0.3, -0.25) is 0 Å². The highest BCUT2D eigenvalue weighted by atomic mass is 19.1. The first-order valence-corrected chi connectivity index (χ1v) is 10.1. The lowest BCUT2D eigenvalue weighted by atomic mass is 9.91. The van der Waals surface area contributed by atoms with Gasteiger partial charge in [-0.1, -0.05) is 30.9 Å².